The Morgan fingerprint density at radius 2 is 0.930 bits per heavy atom. The molecule has 0 heterocycles. The van der Waals surface area contributed by atoms with Crippen LogP contribution in [0.2, 0.25) is 0 Å². The minimum absolute atomic E-state index is 0.726. The van der Waals surface area contributed by atoms with Crippen molar-refractivity contribution in [2.45, 2.75) is 235 Å². The van der Waals surface area contributed by atoms with Crippen LogP contribution in [0.1, 0.15) is 235 Å². The van der Waals surface area contributed by atoms with Crippen molar-refractivity contribution in [3.05, 3.63) is 0 Å². The first-order chi connectivity index (χ1) is 20.8. The maximum absolute atomic E-state index is 2.64. The van der Waals surface area contributed by atoms with E-state index in [1.807, 2.05) is 0 Å². The Kier molecular flexibility index (Phi) is 24.9. The van der Waals surface area contributed by atoms with Gasteiger partial charge in [0.2, 0.25) is 0 Å². The van der Waals surface area contributed by atoms with E-state index in [1.54, 1.807) is 12.8 Å². The Bertz CT molecular complexity index is 591. The lowest BCUT2D eigenvalue weighted by Crippen LogP contribution is -2.20. The van der Waals surface area contributed by atoms with Crippen molar-refractivity contribution >= 4 is 0 Å². The molecule has 1 rings (SSSR count). The molecule has 1 saturated carbocycles. The summed E-state index contributed by atoms with van der Waals surface area (Å²) in [6, 6.07) is 0. The molecule has 0 aliphatic heterocycles. The maximum atomic E-state index is 2.64. The van der Waals surface area contributed by atoms with Gasteiger partial charge in [0.05, 0.1) is 0 Å². The highest BCUT2D eigenvalue weighted by Gasteiger charge is 2.54. The zero-order chi connectivity index (χ0) is 31.8. The standard InChI is InChI=1S/C43H86/c1-9-13-16-18-19-20-22-23-29-38(7)30-25-26-31-39(8)42-36-43(42,34-27-15-11-3)35-28-33-40(41(12-4)37(5)6)32-24-21-17-14-10-2/h37-42H,9-36H2,1-8H3. The Morgan fingerprint density at radius 1 is 0.488 bits per heavy atom. The second-order valence-corrected chi connectivity index (χ2v) is 16.4. The average molecular weight is 603 g/mol. The van der Waals surface area contributed by atoms with Gasteiger partial charge in [-0.15, -0.1) is 0 Å². The second kappa shape index (κ2) is 26.1. The first-order valence-corrected chi connectivity index (χ1v) is 20.8. The Labute approximate surface area is 275 Å². The molecule has 0 aromatic rings. The van der Waals surface area contributed by atoms with Crippen molar-refractivity contribution in [1.29, 1.82) is 0 Å². The molecule has 0 N–H and O–H groups in total. The zero-order valence-electron chi connectivity index (χ0n) is 31.8. The minimum Gasteiger partial charge on any atom is -0.0654 e. The Morgan fingerprint density at radius 3 is 1.49 bits per heavy atom. The van der Waals surface area contributed by atoms with Gasteiger partial charge in [-0.05, 0) is 60.2 Å². The van der Waals surface area contributed by atoms with Gasteiger partial charge in [-0.3, -0.25) is 0 Å². The van der Waals surface area contributed by atoms with Crippen LogP contribution in [0, 0.1) is 40.9 Å². The van der Waals surface area contributed by atoms with Gasteiger partial charge in [0, 0.05) is 0 Å². The third-order valence-corrected chi connectivity index (χ3v) is 12.2. The van der Waals surface area contributed by atoms with Crippen LogP contribution < -0.4 is 0 Å². The lowest BCUT2D eigenvalue weighted by molar-refractivity contribution is 0.201. The summed E-state index contributed by atoms with van der Waals surface area (Å²) in [4.78, 5) is 0. The molecule has 1 aliphatic carbocycles. The summed E-state index contributed by atoms with van der Waals surface area (Å²) in [6.07, 6.45) is 41.1. The molecule has 0 bridgehead atoms. The van der Waals surface area contributed by atoms with E-state index in [4.69, 9.17) is 0 Å². The van der Waals surface area contributed by atoms with E-state index in [1.165, 1.54) is 167 Å². The highest BCUT2D eigenvalue weighted by atomic mass is 14.6. The highest BCUT2D eigenvalue weighted by molar-refractivity contribution is 5.03. The van der Waals surface area contributed by atoms with Gasteiger partial charge in [-0.2, -0.15) is 0 Å². The van der Waals surface area contributed by atoms with Crippen LogP contribution in [0.3, 0.4) is 0 Å². The molecule has 1 fully saturated rings. The van der Waals surface area contributed by atoms with Crippen molar-refractivity contribution in [2.75, 3.05) is 0 Å². The average Bonchev–Trinajstić information content (AvgIpc) is 3.70. The van der Waals surface area contributed by atoms with E-state index in [9.17, 15) is 0 Å². The summed E-state index contributed by atoms with van der Waals surface area (Å²) in [7, 11) is 0. The molecule has 258 valence electrons. The van der Waals surface area contributed by atoms with Crippen molar-refractivity contribution in [1.82, 2.24) is 0 Å². The van der Waals surface area contributed by atoms with Gasteiger partial charge in [0.1, 0.15) is 0 Å². The molecule has 0 aromatic carbocycles. The Balaban J connectivity index is 2.43. The van der Waals surface area contributed by atoms with E-state index in [0.29, 0.717) is 0 Å². The molecule has 6 unspecified atom stereocenters. The Hall–Kier alpha value is 0. The molecule has 43 heavy (non-hydrogen) atoms. The van der Waals surface area contributed by atoms with E-state index in [-0.39, 0.29) is 0 Å². The minimum atomic E-state index is 0.726. The molecule has 0 spiro atoms. The van der Waals surface area contributed by atoms with Crippen LogP contribution in [-0.2, 0) is 0 Å². The molecule has 1 aliphatic rings. The molecule has 6 atom stereocenters. The SMILES string of the molecule is CCCCCCCCCCC(C)CCCCC(C)C1CC1(CCCCC)CCCC(CCCCCCC)C(CC)C(C)C. The molecule has 0 nitrogen and oxygen atoms in total. The van der Waals surface area contributed by atoms with E-state index in [2.05, 4.69) is 55.4 Å². The van der Waals surface area contributed by atoms with Gasteiger partial charge in [-0.25, -0.2) is 0 Å². The molecular formula is C43H86. The maximum Gasteiger partial charge on any atom is -0.0263 e. The predicted octanol–water partition coefficient (Wildman–Crippen LogP) is 15.8. The van der Waals surface area contributed by atoms with Crippen molar-refractivity contribution in [2.24, 2.45) is 40.9 Å². The topological polar surface area (TPSA) is 0 Å². The van der Waals surface area contributed by atoms with Crippen LogP contribution in [0.4, 0.5) is 0 Å². The molecule has 0 aromatic heterocycles. The van der Waals surface area contributed by atoms with Crippen LogP contribution >= 0.6 is 0 Å². The summed E-state index contributed by atoms with van der Waals surface area (Å²) in [6.45, 7) is 19.7. The zero-order valence-corrected chi connectivity index (χ0v) is 31.8. The fraction of sp³-hybridized carbons (Fsp3) is 1.00. The van der Waals surface area contributed by atoms with Crippen LogP contribution in [0.15, 0.2) is 0 Å². The van der Waals surface area contributed by atoms with Crippen LogP contribution in [-0.4, -0.2) is 0 Å². The fourth-order valence-electron chi connectivity index (χ4n) is 9.19. The third kappa shape index (κ3) is 18.7. The summed E-state index contributed by atoms with van der Waals surface area (Å²) in [5.41, 5.74) is 0.726. The molecule has 0 saturated heterocycles. The monoisotopic (exact) mass is 603 g/mol. The van der Waals surface area contributed by atoms with E-state index >= 15 is 0 Å². The van der Waals surface area contributed by atoms with Crippen LogP contribution in [0.5, 0.6) is 0 Å². The molecule has 0 radical (unpaired) electrons. The van der Waals surface area contributed by atoms with Crippen molar-refractivity contribution < 1.29 is 0 Å². The first kappa shape index (κ1) is 41.0. The van der Waals surface area contributed by atoms with Gasteiger partial charge in [0.15, 0.2) is 0 Å². The number of hydrogen-bond acceptors (Lipinski definition) is 0. The molecule has 0 heteroatoms. The lowest BCUT2D eigenvalue weighted by Gasteiger charge is -2.30. The van der Waals surface area contributed by atoms with Crippen molar-refractivity contribution in [3.63, 3.8) is 0 Å². The smallest absolute Gasteiger partial charge is 0.0263 e. The second-order valence-electron chi connectivity index (χ2n) is 16.4. The summed E-state index contributed by atoms with van der Waals surface area (Å²) in [5, 5.41) is 0. The van der Waals surface area contributed by atoms with Gasteiger partial charge >= 0.3 is 0 Å². The normalized spacial score (nSPS) is 21.3. The summed E-state index contributed by atoms with van der Waals surface area (Å²) >= 11 is 0. The van der Waals surface area contributed by atoms with Crippen LogP contribution in [0.25, 0.3) is 0 Å². The van der Waals surface area contributed by atoms with Gasteiger partial charge in [-0.1, -0.05) is 216 Å². The quantitative estimate of drug-likeness (QED) is 0.0672. The number of rotatable bonds is 32. The largest absolute Gasteiger partial charge is 0.0654 e. The number of hydrogen-bond donors (Lipinski definition) is 0. The van der Waals surface area contributed by atoms with Crippen molar-refractivity contribution in [3.8, 4) is 0 Å². The highest BCUT2D eigenvalue weighted by Crippen LogP contribution is 2.63. The number of unbranched alkanes of at least 4 members (excludes halogenated alkanes) is 14. The van der Waals surface area contributed by atoms with E-state index < -0.39 is 0 Å². The van der Waals surface area contributed by atoms with Gasteiger partial charge in [0.25, 0.3) is 0 Å². The van der Waals surface area contributed by atoms with Gasteiger partial charge < -0.3 is 0 Å². The molecular weight excluding hydrogens is 516 g/mol. The predicted molar refractivity (Wildman–Crippen MR) is 198 cm³/mol. The molecule has 0 amide bonds. The summed E-state index contributed by atoms with van der Waals surface area (Å²) < 4.78 is 0. The van der Waals surface area contributed by atoms with E-state index in [0.717, 1.165) is 40.9 Å². The first-order valence-electron chi connectivity index (χ1n) is 20.8. The third-order valence-electron chi connectivity index (χ3n) is 12.2. The lowest BCUT2D eigenvalue weighted by atomic mass is 9.75. The fourth-order valence-corrected chi connectivity index (χ4v) is 9.19. The summed E-state index contributed by atoms with van der Waals surface area (Å²) in [5.74, 6) is 5.70.